The molecule has 236 valence electrons. The highest BCUT2D eigenvalue weighted by Gasteiger charge is 2.54. The van der Waals surface area contributed by atoms with Gasteiger partial charge in [0.15, 0.2) is 11.5 Å². The number of nitrogens with two attached hydrogens (primary N) is 1. The van der Waals surface area contributed by atoms with E-state index in [0.29, 0.717) is 11.2 Å². The Labute approximate surface area is 261 Å². The molecular formula is C19H23N11O9P2S3. The number of carbonyl (C=O) groups excluding carboxylic acids is 1. The molecule has 10 atom stereocenters. The van der Waals surface area contributed by atoms with Crippen LogP contribution in [0, 0.1) is 5.41 Å². The standard InChI is InChI=1S/C19H23N11O9P2S3/c20-18-25-15-11(16(32)26-18)27-28-29(15)17-13-12(31)10(44-17)4-36-40(33,42)38-8-1-7(37-9(8)3-35-41(34,43)39-13)6-2-24-30-14(6)22-5-23-19(30)21/h2,5,7-13,17,31H,1,3-4H2,(H,33,42)(H,34,43)(H2,20,26,32)(H2,21,22,23)/t7-,8+,9-,10-,11?,12-,13-,17-,40?,41?/m1/s1. The van der Waals surface area contributed by atoms with Gasteiger partial charge in [0.05, 0.1) is 43.0 Å². The number of hydrogen-bond donors (Lipinski definition) is 6. The lowest BCUT2D eigenvalue weighted by Crippen LogP contribution is -2.51. The Hall–Kier alpha value is -2.14. The van der Waals surface area contributed by atoms with Gasteiger partial charge in [-0.05, 0) is 11.8 Å². The average molecular weight is 708 g/mol. The molecule has 3 fully saturated rings. The van der Waals surface area contributed by atoms with Crippen molar-refractivity contribution in [2.24, 2.45) is 15.3 Å². The highest BCUT2D eigenvalue weighted by Crippen LogP contribution is 2.59. The molecule has 7 rings (SSSR count). The van der Waals surface area contributed by atoms with E-state index in [0.717, 1.165) is 11.8 Å². The number of nitrogen functional groups attached to an aromatic ring is 1. The van der Waals surface area contributed by atoms with Crippen LogP contribution in [0.5, 0.6) is 0 Å². The van der Waals surface area contributed by atoms with Gasteiger partial charge in [0.1, 0.15) is 23.9 Å². The van der Waals surface area contributed by atoms with Crippen LogP contribution < -0.4 is 11.1 Å². The minimum atomic E-state index is -4.23. The number of carbonyl (C=O) groups is 1. The highest BCUT2D eigenvalue weighted by atomic mass is 32.7. The summed E-state index contributed by atoms with van der Waals surface area (Å²) in [4.78, 5) is 35.5. The zero-order chi connectivity index (χ0) is 31.0. The van der Waals surface area contributed by atoms with Crippen molar-refractivity contribution in [2.75, 3.05) is 18.9 Å². The summed E-state index contributed by atoms with van der Waals surface area (Å²) in [5.41, 5.74) is 6.83. The van der Waals surface area contributed by atoms with Gasteiger partial charge in [-0.15, -0.1) is 16.9 Å². The van der Waals surface area contributed by atoms with Crippen LogP contribution in [0.4, 0.5) is 5.95 Å². The number of nitrogens with zero attached hydrogens (tertiary/aromatic N) is 8. The number of aliphatic imine (C=N–C) groups is 1. The number of amidine groups is 1. The number of nitrogens with one attached hydrogen (secondary N) is 2. The molecule has 2 bridgehead atoms. The van der Waals surface area contributed by atoms with Gasteiger partial charge < -0.3 is 29.5 Å². The maximum Gasteiger partial charge on any atom is 0.386 e. The Morgan fingerprint density at radius 3 is 2.89 bits per heavy atom. The van der Waals surface area contributed by atoms with Crippen molar-refractivity contribution in [3.05, 3.63) is 18.1 Å². The number of rotatable bonds is 2. The number of aromatic nitrogens is 4. The van der Waals surface area contributed by atoms with E-state index in [1.54, 1.807) is 0 Å². The molecule has 2 aromatic heterocycles. The SMILES string of the molecule is N=C1N=C2C(N=NN2[C@@H]2S[C@@H]3COP(O)(=S)O[C@H]4C[C@H](c5cnn6c(N)ncnc56)O[C@@H]4COP(=O)(S)O[C@@H]2[C@@H]3O)C(=O)N1. The van der Waals surface area contributed by atoms with Crippen LogP contribution in [0.15, 0.2) is 27.9 Å². The monoisotopic (exact) mass is 707 g/mol. The van der Waals surface area contributed by atoms with Crippen LogP contribution in [0.1, 0.15) is 18.1 Å². The molecule has 3 unspecified atom stereocenters. The molecule has 0 aliphatic carbocycles. The number of thiol groups is 1. The number of aliphatic hydroxyl groups excluding tert-OH is 1. The van der Waals surface area contributed by atoms with Crippen molar-refractivity contribution in [3.8, 4) is 0 Å². The molecule has 1 amide bonds. The first kappa shape index (κ1) is 30.5. The fraction of sp³-hybridized carbons (Fsp3) is 0.579. The van der Waals surface area contributed by atoms with Crippen LogP contribution in [-0.4, -0.2) is 107 Å². The molecule has 5 aliphatic heterocycles. The van der Waals surface area contributed by atoms with E-state index >= 15 is 0 Å². The zero-order valence-electron chi connectivity index (χ0n) is 22.0. The van der Waals surface area contributed by atoms with Crippen LogP contribution in [-0.2, 0) is 44.0 Å². The van der Waals surface area contributed by atoms with Gasteiger partial charge in [0.2, 0.25) is 17.9 Å². The molecule has 5 aliphatic rings. The van der Waals surface area contributed by atoms with E-state index in [4.69, 9.17) is 45.8 Å². The maximum absolute atomic E-state index is 13.5. The Morgan fingerprint density at radius 2 is 2.07 bits per heavy atom. The van der Waals surface area contributed by atoms with Gasteiger partial charge in [0.25, 0.3) is 5.91 Å². The van der Waals surface area contributed by atoms with E-state index < -0.39 is 72.6 Å². The summed E-state index contributed by atoms with van der Waals surface area (Å²) >= 11 is 10.5. The van der Waals surface area contributed by atoms with Gasteiger partial charge in [-0.2, -0.15) is 14.6 Å². The fourth-order valence-corrected chi connectivity index (χ4v) is 9.86. The molecule has 0 radical (unpaired) electrons. The lowest BCUT2D eigenvalue weighted by molar-refractivity contribution is -0.119. The topological polar surface area (TPSA) is 266 Å². The molecule has 7 heterocycles. The molecule has 0 spiro atoms. The number of thioether (sulfide) groups is 1. The zero-order valence-corrected chi connectivity index (χ0v) is 26.3. The maximum atomic E-state index is 13.5. The molecule has 3 saturated heterocycles. The summed E-state index contributed by atoms with van der Waals surface area (Å²) in [6, 6.07) is -1.13. The van der Waals surface area contributed by atoms with E-state index in [9.17, 15) is 19.4 Å². The summed E-state index contributed by atoms with van der Waals surface area (Å²) < 4.78 is 44.0. The minimum absolute atomic E-state index is 0.0122. The van der Waals surface area contributed by atoms with Crippen LogP contribution in [0.3, 0.4) is 0 Å². The second-order valence-corrected chi connectivity index (χ2v) is 17.1. The van der Waals surface area contributed by atoms with Gasteiger partial charge in [-0.25, -0.2) is 19.5 Å². The van der Waals surface area contributed by atoms with E-state index in [1.165, 1.54) is 22.0 Å². The predicted molar refractivity (Wildman–Crippen MR) is 157 cm³/mol. The number of hydrogen-bond acceptors (Lipinski definition) is 18. The smallest absolute Gasteiger partial charge is 0.386 e. The predicted octanol–water partition coefficient (Wildman–Crippen LogP) is -0.0747. The Morgan fingerprint density at radius 1 is 1.25 bits per heavy atom. The fourth-order valence-electron chi connectivity index (χ4n) is 5.26. The first-order valence-electron chi connectivity index (χ1n) is 12.8. The van der Waals surface area contributed by atoms with Gasteiger partial charge in [-0.1, -0.05) is 17.5 Å². The van der Waals surface area contributed by atoms with Crippen molar-refractivity contribution < 1.29 is 42.2 Å². The number of guanidine groups is 1. The summed E-state index contributed by atoms with van der Waals surface area (Å²) in [7, 11) is 0. The first-order chi connectivity index (χ1) is 20.9. The molecule has 25 heteroatoms. The number of aliphatic hydroxyl groups is 1. The Kier molecular flexibility index (Phi) is 7.82. The minimum Gasteiger partial charge on any atom is -0.389 e. The molecule has 6 N–H and O–H groups in total. The summed E-state index contributed by atoms with van der Waals surface area (Å²) in [6.07, 6.45) is -2.19. The molecule has 0 aromatic carbocycles. The Balaban J connectivity index is 1.16. The third kappa shape index (κ3) is 5.58. The summed E-state index contributed by atoms with van der Waals surface area (Å²) in [5, 5.41) is 32.8. The molecular weight excluding hydrogens is 684 g/mol. The number of amides is 1. The van der Waals surface area contributed by atoms with Crippen molar-refractivity contribution in [2.45, 2.75) is 53.6 Å². The summed E-state index contributed by atoms with van der Waals surface area (Å²) in [6.45, 7) is -8.86. The lowest BCUT2D eigenvalue weighted by Gasteiger charge is -2.30. The Bertz CT molecular complexity index is 1700. The van der Waals surface area contributed by atoms with E-state index in [2.05, 4.69) is 48.0 Å². The quantitative estimate of drug-likeness (QED) is 0.176. The van der Waals surface area contributed by atoms with Crippen molar-refractivity contribution in [1.29, 1.82) is 5.41 Å². The lowest BCUT2D eigenvalue weighted by atomic mass is 10.1. The van der Waals surface area contributed by atoms with Crippen LogP contribution in [0.2, 0.25) is 0 Å². The van der Waals surface area contributed by atoms with E-state index in [1.807, 2.05) is 0 Å². The highest BCUT2D eigenvalue weighted by molar-refractivity contribution is 8.44. The van der Waals surface area contributed by atoms with Crippen molar-refractivity contribution in [3.63, 3.8) is 0 Å². The molecule has 20 nitrogen and oxygen atoms in total. The number of ether oxygens (including phenoxy) is 1. The summed E-state index contributed by atoms with van der Waals surface area (Å²) in [5.74, 6) is -0.907. The first-order valence-corrected chi connectivity index (χ1v) is 19.0. The van der Waals surface area contributed by atoms with Gasteiger partial charge >= 0.3 is 13.5 Å². The number of anilines is 1. The van der Waals surface area contributed by atoms with Crippen LogP contribution in [0.25, 0.3) is 5.65 Å². The van der Waals surface area contributed by atoms with Gasteiger partial charge in [-0.3, -0.25) is 24.6 Å². The molecule has 0 saturated carbocycles. The largest absolute Gasteiger partial charge is 0.389 e. The number of fused-ring (bicyclic) bond motifs is 5. The van der Waals surface area contributed by atoms with E-state index in [-0.39, 0.29) is 31.4 Å². The van der Waals surface area contributed by atoms with Gasteiger partial charge in [0, 0.05) is 12.0 Å². The van der Waals surface area contributed by atoms with Crippen molar-refractivity contribution >= 4 is 78.6 Å². The third-order valence-corrected chi connectivity index (χ3v) is 12.0. The third-order valence-electron chi connectivity index (χ3n) is 7.25. The average Bonchev–Trinajstić information content (AvgIpc) is 3.72. The molecule has 2 aromatic rings. The normalized spacial score (nSPS) is 41.0. The second-order valence-electron chi connectivity index (χ2n) is 10.0. The second kappa shape index (κ2) is 11.3. The van der Waals surface area contributed by atoms with Crippen molar-refractivity contribution in [1.82, 2.24) is 29.9 Å². The van der Waals surface area contributed by atoms with Crippen LogP contribution >= 0.6 is 37.5 Å². The molecule has 44 heavy (non-hydrogen) atoms.